The fraction of sp³-hybridized carbons (Fsp3) is 0. The first-order valence-electron chi connectivity index (χ1n) is 6.15. The summed E-state index contributed by atoms with van der Waals surface area (Å²) in [5.74, 6) is 0.605. The SMILES string of the molecule is Clc1cccc(-[n+]2nc(C=Cc3ccccc3)n[nH]2)c1. The summed E-state index contributed by atoms with van der Waals surface area (Å²) in [4.78, 5) is 1.58. The third-order valence-corrected chi connectivity index (χ3v) is 2.97. The van der Waals surface area contributed by atoms with Crippen molar-refractivity contribution >= 4 is 23.8 Å². The highest BCUT2D eigenvalue weighted by Crippen LogP contribution is 2.09. The summed E-state index contributed by atoms with van der Waals surface area (Å²) in [6.45, 7) is 0. The highest BCUT2D eigenvalue weighted by atomic mass is 35.5. The van der Waals surface area contributed by atoms with Crippen LogP contribution < -0.4 is 4.80 Å². The average Bonchev–Trinajstić information content (AvgIpc) is 2.95. The smallest absolute Gasteiger partial charge is 0.0842 e. The van der Waals surface area contributed by atoms with Crippen molar-refractivity contribution in [2.45, 2.75) is 0 Å². The second kappa shape index (κ2) is 5.67. The van der Waals surface area contributed by atoms with Crippen LogP contribution in [-0.4, -0.2) is 15.4 Å². The summed E-state index contributed by atoms with van der Waals surface area (Å²) in [5.41, 5.74) is 1.94. The van der Waals surface area contributed by atoms with Gasteiger partial charge in [0.2, 0.25) is 0 Å². The summed E-state index contributed by atoms with van der Waals surface area (Å²) in [6.07, 6.45) is 3.82. The molecule has 1 heterocycles. The Morgan fingerprint density at radius 1 is 1.00 bits per heavy atom. The minimum absolute atomic E-state index is 0.605. The van der Waals surface area contributed by atoms with Crippen LogP contribution in [-0.2, 0) is 0 Å². The molecule has 4 nitrogen and oxygen atoms in total. The number of hydrogen-bond acceptors (Lipinski definition) is 2. The fourth-order valence-electron chi connectivity index (χ4n) is 1.77. The number of aromatic nitrogens is 4. The summed E-state index contributed by atoms with van der Waals surface area (Å²) in [7, 11) is 0. The molecule has 0 bridgehead atoms. The fourth-order valence-corrected chi connectivity index (χ4v) is 1.96. The maximum absolute atomic E-state index is 5.95. The van der Waals surface area contributed by atoms with Gasteiger partial charge in [-0.3, -0.25) is 0 Å². The van der Waals surface area contributed by atoms with Crippen LogP contribution in [0.3, 0.4) is 0 Å². The quantitative estimate of drug-likeness (QED) is 0.751. The van der Waals surface area contributed by atoms with Crippen LogP contribution in [0.5, 0.6) is 0 Å². The summed E-state index contributed by atoms with van der Waals surface area (Å²) in [6, 6.07) is 17.4. The second-order valence-electron chi connectivity index (χ2n) is 4.21. The lowest BCUT2D eigenvalue weighted by Gasteiger charge is -1.91. The first-order valence-corrected chi connectivity index (χ1v) is 6.53. The van der Waals surface area contributed by atoms with E-state index in [2.05, 4.69) is 15.4 Å². The number of halogens is 1. The molecule has 0 aliphatic rings. The summed E-state index contributed by atoms with van der Waals surface area (Å²) < 4.78 is 0. The van der Waals surface area contributed by atoms with Crippen LogP contribution in [0.15, 0.2) is 54.6 Å². The van der Waals surface area contributed by atoms with Crippen LogP contribution in [0.25, 0.3) is 17.8 Å². The van der Waals surface area contributed by atoms with Crippen molar-refractivity contribution in [1.29, 1.82) is 0 Å². The molecule has 2 aromatic carbocycles. The van der Waals surface area contributed by atoms with Gasteiger partial charge in [0.1, 0.15) is 0 Å². The van der Waals surface area contributed by atoms with Crippen molar-refractivity contribution in [3.63, 3.8) is 0 Å². The second-order valence-corrected chi connectivity index (χ2v) is 4.64. The average molecular weight is 284 g/mol. The van der Waals surface area contributed by atoms with Crippen molar-refractivity contribution in [1.82, 2.24) is 15.4 Å². The maximum atomic E-state index is 5.95. The van der Waals surface area contributed by atoms with Gasteiger partial charge in [-0.2, -0.15) is 0 Å². The van der Waals surface area contributed by atoms with Crippen LogP contribution in [0.1, 0.15) is 11.4 Å². The van der Waals surface area contributed by atoms with Gasteiger partial charge in [-0.1, -0.05) is 48.0 Å². The molecule has 0 atom stereocenters. The van der Waals surface area contributed by atoms with E-state index in [1.165, 1.54) is 0 Å². The molecular formula is C15H12ClN4+. The molecule has 98 valence electrons. The van der Waals surface area contributed by atoms with E-state index in [9.17, 15) is 0 Å². The van der Waals surface area contributed by atoms with E-state index in [4.69, 9.17) is 11.6 Å². The molecule has 0 aliphatic heterocycles. The van der Waals surface area contributed by atoms with Crippen molar-refractivity contribution in [2.24, 2.45) is 0 Å². The highest BCUT2D eigenvalue weighted by molar-refractivity contribution is 6.30. The first-order chi connectivity index (χ1) is 9.81. The van der Waals surface area contributed by atoms with E-state index in [-0.39, 0.29) is 0 Å². The number of aromatic amines is 1. The molecule has 1 N–H and O–H groups in total. The number of H-pyrrole nitrogens is 1. The standard InChI is InChI=1S/C15H11ClN4/c16-13-7-4-8-14(11-13)20-18-15(17-19-20)10-9-12-5-2-1-3-6-12/h1-11H/p+1. The molecule has 0 spiro atoms. The molecule has 0 aliphatic carbocycles. The lowest BCUT2D eigenvalue weighted by molar-refractivity contribution is -0.717. The van der Waals surface area contributed by atoms with Gasteiger partial charge >= 0.3 is 5.82 Å². The van der Waals surface area contributed by atoms with Crippen molar-refractivity contribution in [2.75, 3.05) is 0 Å². The zero-order chi connectivity index (χ0) is 13.8. The lowest BCUT2D eigenvalue weighted by Crippen LogP contribution is -2.36. The zero-order valence-electron chi connectivity index (χ0n) is 10.6. The Kier molecular flexibility index (Phi) is 3.56. The summed E-state index contributed by atoms with van der Waals surface area (Å²) in [5, 5.41) is 12.0. The van der Waals surface area contributed by atoms with Crippen molar-refractivity contribution in [3.8, 4) is 5.69 Å². The predicted molar refractivity (Wildman–Crippen MR) is 78.3 cm³/mol. The topological polar surface area (TPSA) is 45.5 Å². The minimum Gasteiger partial charge on any atom is -0.0842 e. The van der Waals surface area contributed by atoms with Crippen LogP contribution >= 0.6 is 11.6 Å². The van der Waals surface area contributed by atoms with Gasteiger partial charge in [0.05, 0.1) is 5.10 Å². The van der Waals surface area contributed by atoms with Crippen LogP contribution in [0.4, 0.5) is 0 Å². The minimum atomic E-state index is 0.605. The monoisotopic (exact) mass is 283 g/mol. The zero-order valence-corrected chi connectivity index (χ0v) is 11.3. The number of hydrogen-bond donors (Lipinski definition) is 1. The largest absolute Gasteiger partial charge is 0.332 e. The predicted octanol–water partition coefficient (Wildman–Crippen LogP) is 2.91. The Morgan fingerprint density at radius 3 is 2.65 bits per heavy atom. The molecule has 0 saturated carbocycles. The molecule has 0 saturated heterocycles. The molecular weight excluding hydrogens is 272 g/mol. The van der Waals surface area contributed by atoms with Crippen molar-refractivity contribution in [3.05, 3.63) is 71.0 Å². The lowest BCUT2D eigenvalue weighted by atomic mass is 10.2. The number of nitrogens with one attached hydrogen (secondary N) is 1. The number of rotatable bonds is 3. The Balaban J connectivity index is 1.82. The first kappa shape index (κ1) is 12.6. The van der Waals surface area contributed by atoms with Gasteiger partial charge in [0, 0.05) is 17.2 Å². The van der Waals surface area contributed by atoms with Gasteiger partial charge in [-0.05, 0) is 38.9 Å². The van der Waals surface area contributed by atoms with Crippen LogP contribution in [0.2, 0.25) is 5.02 Å². The van der Waals surface area contributed by atoms with Gasteiger partial charge in [0.25, 0.3) is 0 Å². The Hall–Kier alpha value is -2.46. The van der Waals surface area contributed by atoms with E-state index in [1.807, 2.05) is 66.7 Å². The molecule has 3 aromatic rings. The normalized spacial score (nSPS) is 11.1. The molecule has 0 fully saturated rings. The van der Waals surface area contributed by atoms with Crippen molar-refractivity contribution < 1.29 is 4.80 Å². The summed E-state index contributed by atoms with van der Waals surface area (Å²) >= 11 is 5.95. The van der Waals surface area contributed by atoms with E-state index >= 15 is 0 Å². The molecule has 3 rings (SSSR count). The Bertz CT molecular complexity index is 734. The number of nitrogens with zero attached hydrogens (tertiary/aromatic N) is 3. The third-order valence-electron chi connectivity index (χ3n) is 2.74. The van der Waals surface area contributed by atoms with Crippen LogP contribution in [0, 0.1) is 0 Å². The molecule has 5 heteroatoms. The number of tetrazole rings is 1. The molecule has 0 unspecified atom stereocenters. The van der Waals surface area contributed by atoms with Gasteiger partial charge in [0.15, 0.2) is 5.69 Å². The van der Waals surface area contributed by atoms with Gasteiger partial charge < -0.3 is 0 Å². The highest BCUT2D eigenvalue weighted by Gasteiger charge is 2.10. The number of benzene rings is 2. The maximum Gasteiger partial charge on any atom is 0.332 e. The van der Waals surface area contributed by atoms with Gasteiger partial charge in [-0.15, -0.1) is 0 Å². The third kappa shape index (κ3) is 2.92. The molecule has 1 aromatic heterocycles. The molecule has 0 amide bonds. The Morgan fingerprint density at radius 2 is 1.85 bits per heavy atom. The van der Waals surface area contributed by atoms with Gasteiger partial charge in [-0.25, -0.2) is 0 Å². The van der Waals surface area contributed by atoms with E-state index < -0.39 is 0 Å². The van der Waals surface area contributed by atoms with E-state index in [0.717, 1.165) is 11.3 Å². The molecule has 20 heavy (non-hydrogen) atoms. The van der Waals surface area contributed by atoms with E-state index in [0.29, 0.717) is 10.8 Å². The Labute approximate surface area is 121 Å². The van der Waals surface area contributed by atoms with E-state index in [1.54, 1.807) is 4.80 Å². The molecule has 0 radical (unpaired) electrons.